The van der Waals surface area contributed by atoms with Gasteiger partial charge in [-0.05, 0) is 55.7 Å². The number of aryl methyl sites for hydroxylation is 3. The van der Waals surface area contributed by atoms with Gasteiger partial charge in [0.2, 0.25) is 12.7 Å². The first-order chi connectivity index (χ1) is 13.0. The molecule has 0 aliphatic carbocycles. The monoisotopic (exact) mass is 380 g/mol. The van der Waals surface area contributed by atoms with Crippen LogP contribution in [0.15, 0.2) is 41.4 Å². The standard InChI is InChI=1S/C21H20N2O3S/c1-12-4-5-13(2)20-16(12)8-14(3)21(23-20)27-10-19(24)22-15-6-7-17-18(9-15)26-11-25-17/h4-9H,10-11H2,1-3H3,(H,22,24). The molecule has 138 valence electrons. The third kappa shape index (κ3) is 3.57. The van der Waals surface area contributed by atoms with E-state index in [0.717, 1.165) is 21.7 Å². The number of nitrogens with zero attached hydrogens (tertiary/aromatic N) is 1. The predicted octanol–water partition coefficient (Wildman–Crippen LogP) is 4.62. The largest absolute Gasteiger partial charge is 0.454 e. The van der Waals surface area contributed by atoms with Gasteiger partial charge in [-0.1, -0.05) is 23.9 Å². The maximum atomic E-state index is 12.4. The summed E-state index contributed by atoms with van der Waals surface area (Å²) in [6.07, 6.45) is 0. The highest BCUT2D eigenvalue weighted by Crippen LogP contribution is 2.34. The molecule has 1 aromatic heterocycles. The number of amides is 1. The summed E-state index contributed by atoms with van der Waals surface area (Å²) in [5.41, 5.74) is 5.13. The highest BCUT2D eigenvalue weighted by molar-refractivity contribution is 8.00. The predicted molar refractivity (Wildman–Crippen MR) is 108 cm³/mol. The van der Waals surface area contributed by atoms with Gasteiger partial charge in [0, 0.05) is 17.1 Å². The minimum atomic E-state index is -0.0823. The fraction of sp³-hybridized carbons (Fsp3) is 0.238. The van der Waals surface area contributed by atoms with Gasteiger partial charge in [-0.25, -0.2) is 4.98 Å². The lowest BCUT2D eigenvalue weighted by atomic mass is 10.0. The Bertz CT molecular complexity index is 1050. The van der Waals surface area contributed by atoms with Gasteiger partial charge in [0.25, 0.3) is 0 Å². The smallest absolute Gasteiger partial charge is 0.234 e. The van der Waals surface area contributed by atoms with E-state index in [0.29, 0.717) is 22.9 Å². The summed E-state index contributed by atoms with van der Waals surface area (Å²) in [6.45, 7) is 6.40. The zero-order valence-electron chi connectivity index (χ0n) is 15.5. The number of benzene rings is 2. The number of pyridine rings is 1. The lowest BCUT2D eigenvalue weighted by Gasteiger charge is -2.11. The molecule has 0 saturated heterocycles. The van der Waals surface area contributed by atoms with Gasteiger partial charge in [0.05, 0.1) is 11.3 Å². The number of aromatic nitrogens is 1. The van der Waals surface area contributed by atoms with Crippen LogP contribution < -0.4 is 14.8 Å². The van der Waals surface area contributed by atoms with Crippen molar-refractivity contribution in [2.24, 2.45) is 0 Å². The molecule has 0 radical (unpaired) electrons. The van der Waals surface area contributed by atoms with Crippen molar-refractivity contribution in [3.63, 3.8) is 0 Å². The molecule has 27 heavy (non-hydrogen) atoms. The number of hydrogen-bond acceptors (Lipinski definition) is 5. The van der Waals surface area contributed by atoms with Crippen molar-refractivity contribution in [3.8, 4) is 11.5 Å². The first-order valence-electron chi connectivity index (χ1n) is 8.71. The van der Waals surface area contributed by atoms with Gasteiger partial charge >= 0.3 is 0 Å². The summed E-state index contributed by atoms with van der Waals surface area (Å²) in [7, 11) is 0. The Hall–Kier alpha value is -2.73. The average molecular weight is 380 g/mol. The second-order valence-corrected chi connectivity index (χ2v) is 7.57. The maximum absolute atomic E-state index is 12.4. The number of carbonyl (C=O) groups is 1. The van der Waals surface area contributed by atoms with E-state index in [4.69, 9.17) is 14.5 Å². The van der Waals surface area contributed by atoms with E-state index in [-0.39, 0.29) is 12.7 Å². The van der Waals surface area contributed by atoms with E-state index < -0.39 is 0 Å². The Balaban J connectivity index is 1.47. The van der Waals surface area contributed by atoms with Gasteiger partial charge in [0.15, 0.2) is 11.5 Å². The van der Waals surface area contributed by atoms with Crippen molar-refractivity contribution in [2.45, 2.75) is 25.8 Å². The van der Waals surface area contributed by atoms with Crippen LogP contribution in [-0.2, 0) is 4.79 Å². The van der Waals surface area contributed by atoms with Gasteiger partial charge in [-0.2, -0.15) is 0 Å². The molecule has 1 N–H and O–H groups in total. The Kier molecular flexibility index (Phi) is 4.66. The van der Waals surface area contributed by atoms with Gasteiger partial charge in [0.1, 0.15) is 5.03 Å². The Labute approximate surface area is 162 Å². The van der Waals surface area contributed by atoms with Crippen molar-refractivity contribution in [2.75, 3.05) is 17.9 Å². The molecule has 2 aromatic carbocycles. The maximum Gasteiger partial charge on any atom is 0.234 e. The second kappa shape index (κ2) is 7.12. The molecule has 0 unspecified atom stereocenters. The Morgan fingerprint density at radius 3 is 2.67 bits per heavy atom. The number of fused-ring (bicyclic) bond motifs is 2. The van der Waals surface area contributed by atoms with Crippen LogP contribution in [0.25, 0.3) is 10.9 Å². The molecule has 2 heterocycles. The fourth-order valence-electron chi connectivity index (χ4n) is 3.07. The molecule has 3 aromatic rings. The van der Waals surface area contributed by atoms with Crippen LogP contribution in [0.5, 0.6) is 11.5 Å². The number of rotatable bonds is 4. The number of ether oxygens (including phenoxy) is 2. The van der Waals surface area contributed by atoms with Crippen LogP contribution in [0.4, 0.5) is 5.69 Å². The summed E-state index contributed by atoms with van der Waals surface area (Å²) in [6, 6.07) is 11.7. The average Bonchev–Trinajstić information content (AvgIpc) is 3.11. The minimum Gasteiger partial charge on any atom is -0.454 e. The van der Waals surface area contributed by atoms with Crippen LogP contribution in [0, 0.1) is 20.8 Å². The number of carbonyl (C=O) groups excluding carboxylic acids is 1. The van der Waals surface area contributed by atoms with Crippen molar-refractivity contribution < 1.29 is 14.3 Å². The lowest BCUT2D eigenvalue weighted by molar-refractivity contribution is -0.113. The molecule has 0 saturated carbocycles. The third-order valence-electron chi connectivity index (χ3n) is 4.54. The van der Waals surface area contributed by atoms with E-state index >= 15 is 0 Å². The van der Waals surface area contributed by atoms with Crippen LogP contribution in [0.2, 0.25) is 0 Å². The second-order valence-electron chi connectivity index (χ2n) is 6.61. The first kappa shape index (κ1) is 17.7. The molecule has 4 rings (SSSR count). The quantitative estimate of drug-likeness (QED) is 0.669. The van der Waals surface area contributed by atoms with Gasteiger partial charge < -0.3 is 14.8 Å². The molecule has 0 bridgehead atoms. The molecule has 1 aliphatic rings. The number of anilines is 1. The van der Waals surface area contributed by atoms with Gasteiger partial charge in [-0.3, -0.25) is 4.79 Å². The van der Waals surface area contributed by atoms with E-state index in [9.17, 15) is 4.79 Å². The topological polar surface area (TPSA) is 60.5 Å². The van der Waals surface area contributed by atoms with E-state index in [2.05, 4.69) is 37.4 Å². The highest BCUT2D eigenvalue weighted by atomic mass is 32.2. The summed E-state index contributed by atoms with van der Waals surface area (Å²) < 4.78 is 10.6. The number of hydrogen-bond donors (Lipinski definition) is 1. The lowest BCUT2D eigenvalue weighted by Crippen LogP contribution is -2.14. The molecule has 6 heteroatoms. The Morgan fingerprint density at radius 1 is 1.04 bits per heavy atom. The van der Waals surface area contributed by atoms with Crippen molar-refractivity contribution in [1.82, 2.24) is 4.98 Å². The van der Waals surface area contributed by atoms with E-state index in [1.807, 2.05) is 13.0 Å². The van der Waals surface area contributed by atoms with Crippen molar-refractivity contribution in [3.05, 3.63) is 53.1 Å². The van der Waals surface area contributed by atoms with E-state index in [1.165, 1.54) is 22.7 Å². The van der Waals surface area contributed by atoms with Crippen LogP contribution >= 0.6 is 11.8 Å². The van der Waals surface area contributed by atoms with E-state index in [1.54, 1.807) is 12.1 Å². The van der Waals surface area contributed by atoms with Crippen molar-refractivity contribution >= 4 is 34.3 Å². The number of thioether (sulfide) groups is 1. The third-order valence-corrected chi connectivity index (χ3v) is 5.64. The molecule has 0 spiro atoms. The van der Waals surface area contributed by atoms with Crippen LogP contribution in [0.1, 0.15) is 16.7 Å². The van der Waals surface area contributed by atoms with Crippen molar-refractivity contribution in [1.29, 1.82) is 0 Å². The molecular formula is C21H20N2O3S. The summed E-state index contributed by atoms with van der Waals surface area (Å²) in [5, 5.41) is 4.95. The summed E-state index contributed by atoms with van der Waals surface area (Å²) in [4.78, 5) is 17.2. The summed E-state index contributed by atoms with van der Waals surface area (Å²) in [5.74, 6) is 1.56. The molecular weight excluding hydrogens is 360 g/mol. The van der Waals surface area contributed by atoms with Gasteiger partial charge in [-0.15, -0.1) is 0 Å². The normalized spacial score (nSPS) is 12.4. The zero-order chi connectivity index (χ0) is 19.0. The number of nitrogens with one attached hydrogen (secondary N) is 1. The molecule has 5 nitrogen and oxygen atoms in total. The molecule has 0 atom stereocenters. The highest BCUT2D eigenvalue weighted by Gasteiger charge is 2.15. The molecule has 1 amide bonds. The fourth-order valence-corrected chi connectivity index (χ4v) is 3.85. The first-order valence-corrected chi connectivity index (χ1v) is 9.69. The minimum absolute atomic E-state index is 0.0823. The van der Waals surface area contributed by atoms with Crippen LogP contribution in [0.3, 0.4) is 0 Å². The summed E-state index contributed by atoms with van der Waals surface area (Å²) >= 11 is 1.45. The Morgan fingerprint density at radius 2 is 1.81 bits per heavy atom. The van der Waals surface area contributed by atoms with Crippen LogP contribution in [-0.4, -0.2) is 23.4 Å². The zero-order valence-corrected chi connectivity index (χ0v) is 16.3. The molecule has 0 fully saturated rings. The molecule has 1 aliphatic heterocycles. The SMILES string of the molecule is Cc1cc2c(C)ccc(C)c2nc1SCC(=O)Nc1ccc2c(c1)OCO2.